The summed E-state index contributed by atoms with van der Waals surface area (Å²) in [6.07, 6.45) is 0.572. The van der Waals surface area contributed by atoms with Gasteiger partial charge < -0.3 is 15.6 Å². The van der Waals surface area contributed by atoms with E-state index < -0.39 is 0 Å². The molecular weight excluding hydrogens is 352 g/mol. The molecule has 1 heterocycles. The van der Waals surface area contributed by atoms with Gasteiger partial charge in [0.15, 0.2) is 0 Å². The molecule has 0 aliphatic carbocycles. The standard InChI is InChI=1S/C22H24N4O2/c1-14(2)20(26-21(27)16-8-6-7-15(3)13-16)22(28)23-12-11-19-24-17-9-4-5-10-18(17)25-19/h4-10,13H,11-12H2,1-3H3,(H,23,28)(H,24,25)(H,26,27). The van der Waals surface area contributed by atoms with E-state index in [0.717, 1.165) is 28.0 Å². The van der Waals surface area contributed by atoms with Gasteiger partial charge in [0.25, 0.3) is 11.8 Å². The van der Waals surface area contributed by atoms with Gasteiger partial charge in [-0.3, -0.25) is 9.59 Å². The predicted molar refractivity (Wildman–Crippen MR) is 110 cm³/mol. The van der Waals surface area contributed by atoms with Crippen molar-refractivity contribution < 1.29 is 9.59 Å². The Labute approximate surface area is 164 Å². The normalized spacial score (nSPS) is 10.5. The van der Waals surface area contributed by atoms with Gasteiger partial charge in [-0.2, -0.15) is 0 Å². The monoisotopic (exact) mass is 376 g/mol. The molecule has 0 bridgehead atoms. The van der Waals surface area contributed by atoms with Crippen molar-refractivity contribution in [2.75, 3.05) is 6.54 Å². The van der Waals surface area contributed by atoms with Crippen molar-refractivity contribution in [3.05, 3.63) is 76.8 Å². The van der Waals surface area contributed by atoms with Crippen LogP contribution in [-0.4, -0.2) is 28.3 Å². The van der Waals surface area contributed by atoms with Crippen LogP contribution >= 0.6 is 0 Å². The van der Waals surface area contributed by atoms with E-state index in [2.05, 4.69) is 20.6 Å². The molecule has 0 saturated carbocycles. The molecule has 6 heteroatoms. The lowest BCUT2D eigenvalue weighted by molar-refractivity contribution is -0.117. The van der Waals surface area contributed by atoms with Crippen LogP contribution in [0.25, 0.3) is 11.0 Å². The second-order valence-electron chi connectivity index (χ2n) is 6.91. The number of benzene rings is 2. The Kier molecular flexibility index (Phi) is 5.89. The number of carbonyl (C=O) groups is 2. The highest BCUT2D eigenvalue weighted by molar-refractivity contribution is 6.03. The first-order valence-electron chi connectivity index (χ1n) is 9.21. The number of allylic oxidation sites excluding steroid dienone is 1. The second kappa shape index (κ2) is 8.52. The van der Waals surface area contributed by atoms with Crippen molar-refractivity contribution in [1.29, 1.82) is 0 Å². The molecule has 144 valence electrons. The Morgan fingerprint density at radius 1 is 1.07 bits per heavy atom. The van der Waals surface area contributed by atoms with Crippen LogP contribution < -0.4 is 10.6 Å². The molecular formula is C22H24N4O2. The number of aromatic amines is 1. The molecule has 3 aromatic rings. The summed E-state index contributed by atoms with van der Waals surface area (Å²) < 4.78 is 0. The summed E-state index contributed by atoms with van der Waals surface area (Å²) in [5, 5.41) is 5.59. The summed E-state index contributed by atoms with van der Waals surface area (Å²) in [6, 6.07) is 15.0. The highest BCUT2D eigenvalue weighted by atomic mass is 16.2. The Morgan fingerprint density at radius 2 is 1.86 bits per heavy atom. The van der Waals surface area contributed by atoms with Gasteiger partial charge in [-0.25, -0.2) is 4.98 Å². The van der Waals surface area contributed by atoms with Crippen molar-refractivity contribution in [3.8, 4) is 0 Å². The van der Waals surface area contributed by atoms with E-state index >= 15 is 0 Å². The number of nitrogens with one attached hydrogen (secondary N) is 3. The number of aromatic nitrogens is 2. The summed E-state index contributed by atoms with van der Waals surface area (Å²) >= 11 is 0. The van der Waals surface area contributed by atoms with Crippen LogP contribution in [0.5, 0.6) is 0 Å². The minimum absolute atomic E-state index is 0.274. The zero-order valence-electron chi connectivity index (χ0n) is 16.3. The summed E-state index contributed by atoms with van der Waals surface area (Å²) in [6.45, 7) is 5.93. The first-order valence-corrected chi connectivity index (χ1v) is 9.21. The fraction of sp³-hybridized carbons (Fsp3) is 0.227. The van der Waals surface area contributed by atoms with Gasteiger partial charge in [-0.1, -0.05) is 29.8 Å². The number of H-pyrrole nitrogens is 1. The Bertz CT molecular complexity index is 1010. The number of fused-ring (bicyclic) bond motifs is 1. The fourth-order valence-corrected chi connectivity index (χ4v) is 2.89. The first-order chi connectivity index (χ1) is 13.4. The molecule has 0 spiro atoms. The van der Waals surface area contributed by atoms with Gasteiger partial charge in [0, 0.05) is 18.5 Å². The van der Waals surface area contributed by atoms with Crippen molar-refractivity contribution in [3.63, 3.8) is 0 Å². The van der Waals surface area contributed by atoms with Gasteiger partial charge in [-0.15, -0.1) is 0 Å². The van der Waals surface area contributed by atoms with E-state index in [4.69, 9.17) is 0 Å². The number of nitrogens with zero attached hydrogens (tertiary/aromatic N) is 1. The van der Waals surface area contributed by atoms with E-state index in [0.29, 0.717) is 18.5 Å². The fourth-order valence-electron chi connectivity index (χ4n) is 2.89. The molecule has 0 aliphatic rings. The van der Waals surface area contributed by atoms with Gasteiger partial charge in [0.05, 0.1) is 11.0 Å². The highest BCUT2D eigenvalue weighted by Crippen LogP contribution is 2.10. The minimum Gasteiger partial charge on any atom is -0.350 e. The lowest BCUT2D eigenvalue weighted by Crippen LogP contribution is -2.36. The number of hydrogen-bond acceptors (Lipinski definition) is 3. The molecule has 0 radical (unpaired) electrons. The predicted octanol–water partition coefficient (Wildman–Crippen LogP) is 3.25. The molecule has 0 aliphatic heterocycles. The second-order valence-corrected chi connectivity index (χ2v) is 6.91. The van der Waals surface area contributed by atoms with Crippen molar-refractivity contribution in [1.82, 2.24) is 20.6 Å². The van der Waals surface area contributed by atoms with Crippen LogP contribution in [0.2, 0.25) is 0 Å². The summed E-state index contributed by atoms with van der Waals surface area (Å²) in [7, 11) is 0. The average molecular weight is 376 g/mol. The van der Waals surface area contributed by atoms with Crippen LogP contribution in [0, 0.1) is 6.92 Å². The zero-order chi connectivity index (χ0) is 20.1. The smallest absolute Gasteiger partial charge is 0.267 e. The number of rotatable bonds is 6. The maximum Gasteiger partial charge on any atom is 0.267 e. The van der Waals surface area contributed by atoms with E-state index in [1.807, 2.05) is 43.3 Å². The van der Waals surface area contributed by atoms with Gasteiger partial charge in [0.2, 0.25) is 0 Å². The number of carbonyl (C=O) groups excluding carboxylic acids is 2. The van der Waals surface area contributed by atoms with Crippen LogP contribution in [-0.2, 0) is 11.2 Å². The van der Waals surface area contributed by atoms with Gasteiger partial charge in [0.1, 0.15) is 11.5 Å². The molecule has 6 nitrogen and oxygen atoms in total. The minimum atomic E-state index is -0.308. The molecule has 28 heavy (non-hydrogen) atoms. The molecule has 3 rings (SSSR count). The summed E-state index contributed by atoms with van der Waals surface area (Å²) in [5.41, 5.74) is 4.40. The molecule has 0 unspecified atom stereocenters. The molecule has 0 saturated heterocycles. The van der Waals surface area contributed by atoms with Crippen LogP contribution in [0.1, 0.15) is 35.6 Å². The molecule has 2 amide bonds. The number of imidazole rings is 1. The van der Waals surface area contributed by atoms with Crippen LogP contribution in [0.3, 0.4) is 0 Å². The first kappa shape index (κ1) is 19.4. The molecule has 1 aromatic heterocycles. The number of para-hydroxylation sites is 2. The topological polar surface area (TPSA) is 86.9 Å². The van der Waals surface area contributed by atoms with Crippen LogP contribution in [0.4, 0.5) is 0 Å². The third-order valence-corrected chi connectivity index (χ3v) is 4.33. The van der Waals surface area contributed by atoms with Gasteiger partial charge in [-0.05, 0) is 50.6 Å². The largest absolute Gasteiger partial charge is 0.350 e. The summed E-state index contributed by atoms with van der Waals surface area (Å²) in [4.78, 5) is 32.8. The van der Waals surface area contributed by atoms with E-state index in [1.54, 1.807) is 26.0 Å². The third-order valence-electron chi connectivity index (χ3n) is 4.33. The molecule has 3 N–H and O–H groups in total. The molecule has 2 aromatic carbocycles. The molecule has 0 fully saturated rings. The quantitative estimate of drug-likeness (QED) is 0.577. The lowest BCUT2D eigenvalue weighted by Gasteiger charge is -2.12. The Hall–Kier alpha value is -3.41. The molecule has 0 atom stereocenters. The van der Waals surface area contributed by atoms with Crippen molar-refractivity contribution in [2.45, 2.75) is 27.2 Å². The van der Waals surface area contributed by atoms with Crippen molar-refractivity contribution in [2.24, 2.45) is 0 Å². The maximum absolute atomic E-state index is 12.6. The zero-order valence-corrected chi connectivity index (χ0v) is 16.3. The maximum atomic E-state index is 12.6. The highest BCUT2D eigenvalue weighted by Gasteiger charge is 2.16. The third kappa shape index (κ3) is 4.65. The van der Waals surface area contributed by atoms with E-state index in [1.165, 1.54) is 0 Å². The number of hydrogen-bond donors (Lipinski definition) is 3. The van der Waals surface area contributed by atoms with Gasteiger partial charge >= 0.3 is 0 Å². The average Bonchev–Trinajstić information content (AvgIpc) is 3.08. The number of amides is 2. The summed E-state index contributed by atoms with van der Waals surface area (Å²) in [5.74, 6) is 0.202. The number of aryl methyl sites for hydroxylation is 1. The van der Waals surface area contributed by atoms with Crippen LogP contribution in [0.15, 0.2) is 59.8 Å². The Morgan fingerprint density at radius 3 is 2.57 bits per heavy atom. The SMILES string of the molecule is CC(C)=C(NC(=O)c1cccc(C)c1)C(=O)NCCc1nc2ccccc2[nH]1. The lowest BCUT2D eigenvalue weighted by atomic mass is 10.1. The van der Waals surface area contributed by atoms with E-state index in [9.17, 15) is 9.59 Å². The van der Waals surface area contributed by atoms with Crippen molar-refractivity contribution >= 4 is 22.8 Å². The van der Waals surface area contributed by atoms with E-state index in [-0.39, 0.29) is 17.5 Å². The Balaban J connectivity index is 1.60.